The van der Waals surface area contributed by atoms with Gasteiger partial charge in [0.15, 0.2) is 6.29 Å². The number of aliphatic hydroxyl groups excluding tert-OH is 3. The fourth-order valence-corrected chi connectivity index (χ4v) is 5.29. The van der Waals surface area contributed by atoms with Gasteiger partial charge in [-0.2, -0.15) is 0 Å². The zero-order valence-corrected chi connectivity index (χ0v) is 31.3. The van der Waals surface area contributed by atoms with Crippen LogP contribution in [0.25, 0.3) is 0 Å². The second kappa shape index (κ2) is 23.2. The molecule has 0 bridgehead atoms. The Hall–Kier alpha value is -5.01. The molecule has 16 N–H and O–H groups in total. The highest BCUT2D eigenvalue weighted by atomic mass is 16.6. The van der Waals surface area contributed by atoms with Gasteiger partial charge in [-0.25, -0.2) is 4.79 Å². The summed E-state index contributed by atoms with van der Waals surface area (Å²) in [5.41, 5.74) is 16.0. The van der Waals surface area contributed by atoms with Gasteiger partial charge in [0.2, 0.25) is 41.4 Å². The molecule has 1 aliphatic heterocycles. The lowest BCUT2D eigenvalue weighted by molar-refractivity contribution is -0.282. The molecule has 1 rings (SSSR count). The quantitative estimate of drug-likeness (QED) is 0.0431. The molecule has 1 fully saturated rings. The number of primary amides is 2. The van der Waals surface area contributed by atoms with Crippen LogP contribution in [0.5, 0.6) is 0 Å². The van der Waals surface area contributed by atoms with Crippen LogP contribution in [0.15, 0.2) is 0 Å². The molecule has 0 radical (unpaired) electrons. The van der Waals surface area contributed by atoms with E-state index in [-0.39, 0.29) is 19.3 Å². The Bertz CT molecular complexity index is 1430. The zero-order chi connectivity index (χ0) is 43.0. The van der Waals surface area contributed by atoms with Gasteiger partial charge in [0.05, 0.1) is 18.8 Å². The van der Waals surface area contributed by atoms with Crippen LogP contribution >= 0.6 is 0 Å². The smallest absolute Gasteiger partial charge is 0.326 e. The van der Waals surface area contributed by atoms with E-state index < -0.39 is 152 Å². The number of nitrogens with one attached hydrogen (secondary N) is 5. The van der Waals surface area contributed by atoms with Crippen molar-refractivity contribution >= 4 is 53.3 Å². The van der Waals surface area contributed by atoms with Crippen molar-refractivity contribution in [1.82, 2.24) is 26.6 Å². The van der Waals surface area contributed by atoms with E-state index >= 15 is 0 Å². The predicted octanol–water partition coefficient (Wildman–Crippen LogP) is -6.26. The number of aliphatic hydroxyl groups is 3. The molecule has 1 aliphatic rings. The van der Waals surface area contributed by atoms with Crippen LogP contribution in [0.4, 0.5) is 0 Å². The Balaban J connectivity index is 2.91. The second-order valence-corrected chi connectivity index (χ2v) is 13.3. The first-order valence-electron chi connectivity index (χ1n) is 17.6. The Kier molecular flexibility index (Phi) is 20.3. The zero-order valence-electron chi connectivity index (χ0n) is 31.3. The highest BCUT2D eigenvalue weighted by Crippen LogP contribution is 2.30. The normalized spacial score (nSPS) is 23.0. The van der Waals surface area contributed by atoms with E-state index in [1.54, 1.807) is 0 Å². The lowest BCUT2D eigenvalue weighted by atomic mass is 9.88. The number of rotatable bonds is 24. The highest BCUT2D eigenvalue weighted by molar-refractivity contribution is 5.94. The Morgan fingerprint density at radius 3 is 1.79 bits per heavy atom. The molecule has 1 heterocycles. The molecule has 1 saturated heterocycles. The summed E-state index contributed by atoms with van der Waals surface area (Å²) in [7, 11) is 0. The van der Waals surface area contributed by atoms with Crippen LogP contribution in [0.2, 0.25) is 0 Å². The summed E-state index contributed by atoms with van der Waals surface area (Å²) in [6, 6.07) is -7.99. The Morgan fingerprint density at radius 2 is 1.27 bits per heavy atom. The van der Waals surface area contributed by atoms with E-state index in [1.807, 2.05) is 0 Å². The molecule has 7 amide bonds. The lowest BCUT2D eigenvalue weighted by Crippen LogP contribution is -2.59. The molecule has 56 heavy (non-hydrogen) atoms. The fraction of sp³-hybridized carbons (Fsp3) is 0.719. The van der Waals surface area contributed by atoms with Crippen molar-refractivity contribution in [3.63, 3.8) is 0 Å². The summed E-state index contributed by atoms with van der Waals surface area (Å²) in [4.78, 5) is 110. The van der Waals surface area contributed by atoms with Crippen LogP contribution in [-0.4, -0.2) is 152 Å². The van der Waals surface area contributed by atoms with Crippen molar-refractivity contribution < 1.29 is 78.2 Å². The van der Waals surface area contributed by atoms with E-state index in [4.69, 9.17) is 31.8 Å². The summed E-state index contributed by atoms with van der Waals surface area (Å²) in [6.45, 7) is 4.14. The van der Waals surface area contributed by atoms with Gasteiger partial charge in [-0.15, -0.1) is 0 Å². The average Bonchev–Trinajstić information content (AvgIpc) is 3.11. The summed E-state index contributed by atoms with van der Waals surface area (Å²) in [6.07, 6.45) is -9.07. The van der Waals surface area contributed by atoms with Gasteiger partial charge in [0, 0.05) is 18.8 Å². The van der Waals surface area contributed by atoms with E-state index in [2.05, 4.69) is 26.6 Å². The third-order valence-corrected chi connectivity index (χ3v) is 8.70. The van der Waals surface area contributed by atoms with Crippen molar-refractivity contribution in [2.24, 2.45) is 23.1 Å². The van der Waals surface area contributed by atoms with Gasteiger partial charge in [0.25, 0.3) is 0 Å². The summed E-state index contributed by atoms with van der Waals surface area (Å²) >= 11 is 0. The number of carbonyl (C=O) groups is 9. The number of carboxylic acid groups (broad SMARTS) is 2. The number of hydrogen-bond donors (Lipinski definition) is 13. The molecule has 0 aromatic heterocycles. The van der Waals surface area contributed by atoms with E-state index in [1.165, 1.54) is 27.7 Å². The van der Waals surface area contributed by atoms with Gasteiger partial charge in [-0.3, -0.25) is 38.4 Å². The average molecular weight is 807 g/mol. The molecule has 0 spiro atoms. The maximum absolute atomic E-state index is 13.1. The van der Waals surface area contributed by atoms with Gasteiger partial charge in [-0.05, 0) is 53.4 Å². The minimum Gasteiger partial charge on any atom is -0.480 e. The van der Waals surface area contributed by atoms with Gasteiger partial charge in [0.1, 0.15) is 48.5 Å². The second-order valence-electron chi connectivity index (χ2n) is 13.3. The molecular weight excluding hydrogens is 752 g/mol. The minimum atomic E-state index is -1.70. The number of aliphatic carboxylic acids is 2. The van der Waals surface area contributed by atoms with Crippen LogP contribution in [0.3, 0.4) is 0 Å². The number of hydrogen-bond acceptors (Lipinski definition) is 15. The number of ether oxygens (including phenoxy) is 2. The standard InChI is InChI=1S/C32H54N8O16/c1-12(26(46)38-14(3)30(50)51)37-29(49)18(7-5-6-17(33)25(35)45)39-22(43)9-8-19(31(52)53)40-27(47)13(2)36-28(48)15(4)55-24-16(10-21(34)42)32(54)56-20(11-41)23(24)44/h12-20,23-24,32,41,44,54H,5-11,33H2,1-4H3,(H2,34,42)(H2,35,45)(H,36,48)(H,37,49)(H,38,46)(H,39,43)(H,40,47)(H,50,51)(H,52,53)/t12?,13-,14?,15+,16?,17+,18-,19+,20?,23?,24?,32?/m0/s1. The topological polar surface area (TPSA) is 411 Å². The van der Waals surface area contributed by atoms with E-state index in [9.17, 15) is 63.6 Å². The van der Waals surface area contributed by atoms with Crippen LogP contribution < -0.4 is 43.8 Å². The fourth-order valence-electron chi connectivity index (χ4n) is 5.29. The predicted molar refractivity (Wildman–Crippen MR) is 188 cm³/mol. The molecule has 24 heteroatoms. The maximum Gasteiger partial charge on any atom is 0.326 e. The molecule has 12 atom stereocenters. The lowest BCUT2D eigenvalue weighted by Gasteiger charge is -2.42. The van der Waals surface area contributed by atoms with Crippen molar-refractivity contribution in [1.29, 1.82) is 0 Å². The van der Waals surface area contributed by atoms with Crippen molar-refractivity contribution in [3.05, 3.63) is 0 Å². The molecule has 0 saturated carbocycles. The van der Waals surface area contributed by atoms with Crippen LogP contribution in [0, 0.1) is 5.92 Å². The van der Waals surface area contributed by atoms with Gasteiger partial charge in [-0.1, -0.05) is 0 Å². The molecule has 0 aromatic carbocycles. The molecular formula is C32H54N8O16. The van der Waals surface area contributed by atoms with Crippen molar-refractivity contribution in [2.75, 3.05) is 6.61 Å². The molecule has 0 aromatic rings. The van der Waals surface area contributed by atoms with Crippen LogP contribution in [-0.2, 0) is 52.6 Å². The van der Waals surface area contributed by atoms with Crippen LogP contribution in [0.1, 0.15) is 66.2 Å². The molecule has 318 valence electrons. The third kappa shape index (κ3) is 16.0. The first-order valence-corrected chi connectivity index (χ1v) is 17.6. The third-order valence-electron chi connectivity index (χ3n) is 8.70. The number of carboxylic acids is 2. The number of amides is 7. The molecule has 24 nitrogen and oxygen atoms in total. The maximum atomic E-state index is 13.1. The Labute approximate surface area is 320 Å². The highest BCUT2D eigenvalue weighted by Gasteiger charge is 2.47. The number of nitrogens with two attached hydrogens (primary N) is 3. The first kappa shape index (κ1) is 49.0. The van der Waals surface area contributed by atoms with Gasteiger partial charge < -0.3 is 78.8 Å². The van der Waals surface area contributed by atoms with E-state index in [0.717, 1.165) is 0 Å². The first-order chi connectivity index (χ1) is 26.0. The van der Waals surface area contributed by atoms with Crippen molar-refractivity contribution in [2.45, 2.75) is 133 Å². The van der Waals surface area contributed by atoms with E-state index in [0.29, 0.717) is 0 Å². The minimum absolute atomic E-state index is 0.0223. The largest absolute Gasteiger partial charge is 0.480 e. The summed E-state index contributed by atoms with van der Waals surface area (Å²) in [5, 5.41) is 60.5. The number of carbonyl (C=O) groups excluding carboxylic acids is 7. The summed E-state index contributed by atoms with van der Waals surface area (Å²) < 4.78 is 10.7. The SMILES string of the molecule is CC(NC(=O)C(C)NC(=O)[C@H](CCC[C@@H](N)C(N)=O)NC(=O)CC[C@@H](NC(=O)[C@H](C)NC(=O)[C@@H](C)OC1C(O)C(CO)OC(O)C1CC(N)=O)C(=O)O)C(=O)O. The summed E-state index contributed by atoms with van der Waals surface area (Å²) in [5.74, 6) is -10.3. The van der Waals surface area contributed by atoms with Crippen molar-refractivity contribution in [3.8, 4) is 0 Å². The molecule has 7 unspecified atom stereocenters. The molecule has 0 aliphatic carbocycles. The Morgan fingerprint density at radius 1 is 0.714 bits per heavy atom. The monoisotopic (exact) mass is 806 g/mol. The van der Waals surface area contributed by atoms with Gasteiger partial charge >= 0.3 is 11.9 Å².